The molecule has 0 bridgehead atoms. The largest absolute Gasteiger partial charge is 0.404 e. The first kappa shape index (κ1) is 17.3. The lowest BCUT2D eigenvalue weighted by Gasteiger charge is -2.28. The molecule has 2 unspecified atom stereocenters. The molecule has 3 aliphatic rings. The van der Waals surface area contributed by atoms with E-state index in [4.69, 9.17) is 10.7 Å². The second-order valence-electron chi connectivity index (χ2n) is 6.77. The third kappa shape index (κ3) is 3.58. The van der Waals surface area contributed by atoms with Crippen molar-refractivity contribution >= 4 is 17.2 Å². The van der Waals surface area contributed by atoms with Gasteiger partial charge in [-0.05, 0) is 50.1 Å². The molecule has 140 valence electrons. The van der Waals surface area contributed by atoms with Gasteiger partial charge in [-0.15, -0.1) is 0 Å². The van der Waals surface area contributed by atoms with Crippen molar-refractivity contribution in [2.45, 2.75) is 38.4 Å². The molecular formula is C20H25N7. The van der Waals surface area contributed by atoms with Crippen molar-refractivity contribution in [2.24, 2.45) is 15.7 Å². The fourth-order valence-electron chi connectivity index (χ4n) is 3.72. The molecule has 1 fully saturated rings. The van der Waals surface area contributed by atoms with E-state index in [1.807, 2.05) is 29.5 Å². The summed E-state index contributed by atoms with van der Waals surface area (Å²) < 4.78 is 0. The van der Waals surface area contributed by atoms with Crippen LogP contribution in [0.1, 0.15) is 31.7 Å². The van der Waals surface area contributed by atoms with E-state index < -0.39 is 0 Å². The molecule has 0 aromatic carbocycles. The van der Waals surface area contributed by atoms with Crippen molar-refractivity contribution in [1.29, 1.82) is 0 Å². The van der Waals surface area contributed by atoms with Gasteiger partial charge in [-0.25, -0.2) is 4.99 Å². The van der Waals surface area contributed by atoms with Gasteiger partial charge in [-0.3, -0.25) is 20.4 Å². The number of guanidine groups is 1. The van der Waals surface area contributed by atoms with Crippen LogP contribution in [0.15, 0.2) is 64.6 Å². The van der Waals surface area contributed by atoms with Crippen molar-refractivity contribution in [2.75, 3.05) is 6.54 Å². The summed E-state index contributed by atoms with van der Waals surface area (Å²) in [5.74, 6) is 0.790. The van der Waals surface area contributed by atoms with E-state index in [9.17, 15) is 0 Å². The summed E-state index contributed by atoms with van der Waals surface area (Å²) in [6.07, 6.45) is 14.2. The van der Waals surface area contributed by atoms with E-state index >= 15 is 0 Å². The van der Waals surface area contributed by atoms with Gasteiger partial charge in [-0.2, -0.15) is 0 Å². The summed E-state index contributed by atoms with van der Waals surface area (Å²) in [4.78, 5) is 13.7. The molecule has 27 heavy (non-hydrogen) atoms. The normalized spacial score (nSPS) is 27.2. The van der Waals surface area contributed by atoms with Gasteiger partial charge < -0.3 is 11.1 Å². The molecule has 1 aromatic rings. The third-order valence-corrected chi connectivity index (χ3v) is 5.00. The van der Waals surface area contributed by atoms with Gasteiger partial charge in [0.05, 0.1) is 0 Å². The second kappa shape index (κ2) is 7.65. The van der Waals surface area contributed by atoms with E-state index in [0.717, 1.165) is 54.2 Å². The summed E-state index contributed by atoms with van der Waals surface area (Å²) in [6, 6.07) is 4.30. The maximum absolute atomic E-state index is 5.83. The molecular weight excluding hydrogens is 338 g/mol. The highest BCUT2D eigenvalue weighted by molar-refractivity contribution is 6.01. The van der Waals surface area contributed by atoms with Crippen molar-refractivity contribution in [3.8, 4) is 0 Å². The Labute approximate surface area is 159 Å². The molecule has 2 atom stereocenters. The number of hydrogen-bond donors (Lipinski definition) is 3. The zero-order valence-electron chi connectivity index (χ0n) is 15.5. The molecule has 1 saturated carbocycles. The number of nitrogens with zero attached hydrogens (tertiary/aromatic N) is 4. The average molecular weight is 363 g/mol. The average Bonchev–Trinajstić information content (AvgIpc) is 3.12. The maximum Gasteiger partial charge on any atom is 0.213 e. The number of fused-ring (bicyclic) bond motifs is 1. The highest BCUT2D eigenvalue weighted by atomic mass is 15.6. The lowest BCUT2D eigenvalue weighted by Crippen LogP contribution is -2.47. The second-order valence-corrected chi connectivity index (χ2v) is 6.77. The summed E-state index contributed by atoms with van der Waals surface area (Å²) in [5.41, 5.74) is 13.7. The highest BCUT2D eigenvalue weighted by Gasteiger charge is 2.31. The first-order chi connectivity index (χ1) is 13.3. The Kier molecular flexibility index (Phi) is 4.91. The molecule has 0 spiro atoms. The number of hydrogen-bond acceptors (Lipinski definition) is 7. The molecule has 2 aliphatic heterocycles. The van der Waals surface area contributed by atoms with Crippen LogP contribution in [0, 0.1) is 0 Å². The summed E-state index contributed by atoms with van der Waals surface area (Å²) in [7, 11) is 0. The van der Waals surface area contributed by atoms with Gasteiger partial charge in [0.25, 0.3) is 0 Å². The van der Waals surface area contributed by atoms with Crippen LogP contribution in [0.4, 0.5) is 0 Å². The predicted octanol–water partition coefficient (Wildman–Crippen LogP) is 1.94. The smallest absolute Gasteiger partial charge is 0.213 e. The molecule has 7 heteroatoms. The predicted molar refractivity (Wildman–Crippen MR) is 109 cm³/mol. The fourth-order valence-corrected chi connectivity index (χ4v) is 3.72. The van der Waals surface area contributed by atoms with E-state index in [1.54, 1.807) is 12.4 Å². The molecule has 7 nitrogen and oxygen atoms in total. The number of rotatable bonds is 3. The van der Waals surface area contributed by atoms with Crippen LogP contribution in [-0.4, -0.2) is 40.4 Å². The molecule has 4 N–H and O–H groups in total. The third-order valence-electron chi connectivity index (χ3n) is 5.00. The zero-order valence-corrected chi connectivity index (χ0v) is 15.5. The van der Waals surface area contributed by atoms with Crippen LogP contribution >= 0.6 is 0 Å². The first-order valence-corrected chi connectivity index (χ1v) is 9.41. The van der Waals surface area contributed by atoms with Crippen LogP contribution < -0.4 is 16.5 Å². The van der Waals surface area contributed by atoms with Gasteiger partial charge in [0.15, 0.2) is 6.17 Å². The lowest BCUT2D eigenvalue weighted by atomic mass is 9.89. The van der Waals surface area contributed by atoms with Crippen LogP contribution in [0.2, 0.25) is 0 Å². The number of aromatic nitrogens is 1. The molecule has 0 radical (unpaired) electrons. The minimum absolute atomic E-state index is 0.0907. The quantitative estimate of drug-likeness (QED) is 0.763. The summed E-state index contributed by atoms with van der Waals surface area (Å²) in [5, 5.41) is 5.55. The van der Waals surface area contributed by atoms with E-state index in [1.165, 1.54) is 0 Å². The Morgan fingerprint density at radius 3 is 3.19 bits per heavy atom. The Hall–Kier alpha value is -3.09. The minimum atomic E-state index is -0.0907. The molecule has 0 amide bonds. The first-order valence-electron chi connectivity index (χ1n) is 9.41. The van der Waals surface area contributed by atoms with Crippen LogP contribution in [-0.2, 0) is 0 Å². The van der Waals surface area contributed by atoms with Crippen molar-refractivity contribution < 1.29 is 0 Å². The monoisotopic (exact) mass is 363 g/mol. The number of allylic oxidation sites excluding steroid dienone is 2. The van der Waals surface area contributed by atoms with Gasteiger partial charge in [0.2, 0.25) is 5.96 Å². The molecule has 1 aromatic heterocycles. The summed E-state index contributed by atoms with van der Waals surface area (Å²) >= 11 is 0. The lowest BCUT2D eigenvalue weighted by molar-refractivity contribution is 0.318. The SMILES string of the molecule is CCN=C1CCC(NC2=NC3C(c4cccnc4)=CC=CN3N2)CC1=CN. The van der Waals surface area contributed by atoms with Crippen molar-refractivity contribution in [1.82, 2.24) is 20.7 Å². The highest BCUT2D eigenvalue weighted by Crippen LogP contribution is 2.28. The molecule has 1 aliphatic carbocycles. The molecule has 0 saturated heterocycles. The van der Waals surface area contributed by atoms with Gasteiger partial charge >= 0.3 is 0 Å². The Morgan fingerprint density at radius 1 is 1.48 bits per heavy atom. The molecule has 3 heterocycles. The number of nitrogens with two attached hydrogens (primary N) is 1. The number of pyridine rings is 1. The van der Waals surface area contributed by atoms with Crippen molar-refractivity contribution in [3.05, 3.63) is 60.2 Å². The van der Waals surface area contributed by atoms with Gasteiger partial charge in [-0.1, -0.05) is 12.1 Å². The minimum Gasteiger partial charge on any atom is -0.404 e. The Bertz CT molecular complexity index is 835. The van der Waals surface area contributed by atoms with Gasteiger partial charge in [0.1, 0.15) is 0 Å². The van der Waals surface area contributed by atoms with Crippen molar-refractivity contribution in [3.63, 3.8) is 0 Å². The van der Waals surface area contributed by atoms with E-state index in [2.05, 4.69) is 39.8 Å². The van der Waals surface area contributed by atoms with Crippen LogP contribution in [0.5, 0.6) is 0 Å². The summed E-state index contributed by atoms with van der Waals surface area (Å²) in [6.45, 7) is 2.85. The Morgan fingerprint density at radius 2 is 2.41 bits per heavy atom. The standard InChI is InChI=1S/C20H25N7/c1-2-23-18-8-7-16(11-15(18)12-21)24-20-25-19-17(6-4-10-27(19)26-20)14-5-3-9-22-13-14/h3-6,9-10,12-13,16,19H,2,7-8,11,21H2,1H3,(H2,24,25,26). The maximum atomic E-state index is 5.83. The topological polar surface area (TPSA) is 90.9 Å². The van der Waals surface area contributed by atoms with E-state index in [0.29, 0.717) is 0 Å². The number of aliphatic imine (C=N–C) groups is 2. The molecule has 4 rings (SSSR count). The van der Waals surface area contributed by atoms with E-state index in [-0.39, 0.29) is 12.2 Å². The fraction of sp³-hybridized carbons (Fsp3) is 0.350. The number of nitrogens with one attached hydrogen (secondary N) is 2. The Balaban J connectivity index is 1.47. The van der Waals surface area contributed by atoms with Gasteiger partial charge in [0, 0.05) is 48.0 Å². The number of hydrazine groups is 1. The zero-order chi connectivity index (χ0) is 18.6. The van der Waals surface area contributed by atoms with Crippen LogP contribution in [0.3, 0.4) is 0 Å². The van der Waals surface area contributed by atoms with Crippen LogP contribution in [0.25, 0.3) is 5.57 Å².